The standard InChI is InChI=1S/C25H28N2O3/c1-19-6-5-9-23(25(28)29-2)24(19)27-14-12-26(13-15-27)16-17-30-22-11-10-20-7-3-4-8-21(20)18-22/h3-11,18H,12-17H2,1-2H3. The Bertz CT molecular complexity index is 1030. The highest BCUT2D eigenvalue weighted by atomic mass is 16.5. The summed E-state index contributed by atoms with van der Waals surface area (Å²) in [5.74, 6) is 0.634. The number of methoxy groups -OCH3 is 1. The molecule has 30 heavy (non-hydrogen) atoms. The van der Waals surface area contributed by atoms with Gasteiger partial charge in [0.05, 0.1) is 18.4 Å². The first-order chi connectivity index (χ1) is 14.7. The predicted molar refractivity (Wildman–Crippen MR) is 121 cm³/mol. The molecule has 0 atom stereocenters. The van der Waals surface area contributed by atoms with Gasteiger partial charge in [-0.3, -0.25) is 4.90 Å². The van der Waals surface area contributed by atoms with Crippen LogP contribution in [0.3, 0.4) is 0 Å². The smallest absolute Gasteiger partial charge is 0.339 e. The number of carbonyl (C=O) groups is 1. The molecule has 0 N–H and O–H groups in total. The van der Waals surface area contributed by atoms with Crippen LogP contribution < -0.4 is 9.64 Å². The number of piperazine rings is 1. The summed E-state index contributed by atoms with van der Waals surface area (Å²) in [4.78, 5) is 16.9. The summed E-state index contributed by atoms with van der Waals surface area (Å²) >= 11 is 0. The van der Waals surface area contributed by atoms with Crippen LogP contribution in [0, 0.1) is 6.92 Å². The molecule has 0 aliphatic carbocycles. The third-order valence-corrected chi connectivity index (χ3v) is 5.73. The number of ether oxygens (including phenoxy) is 2. The first kappa shape index (κ1) is 20.2. The molecule has 4 rings (SSSR count). The van der Waals surface area contributed by atoms with Gasteiger partial charge in [-0.1, -0.05) is 42.5 Å². The van der Waals surface area contributed by atoms with Gasteiger partial charge in [-0.2, -0.15) is 0 Å². The zero-order valence-corrected chi connectivity index (χ0v) is 17.6. The van der Waals surface area contributed by atoms with Crippen molar-refractivity contribution in [2.75, 3.05) is 51.3 Å². The van der Waals surface area contributed by atoms with Gasteiger partial charge in [-0.05, 0) is 41.5 Å². The molecular weight excluding hydrogens is 376 g/mol. The third-order valence-electron chi connectivity index (χ3n) is 5.73. The SMILES string of the molecule is COC(=O)c1cccc(C)c1N1CCN(CCOc2ccc3ccccc3c2)CC1. The molecule has 0 amide bonds. The second-order valence-corrected chi connectivity index (χ2v) is 7.65. The maximum Gasteiger partial charge on any atom is 0.339 e. The van der Waals surface area contributed by atoms with Crippen molar-refractivity contribution in [3.8, 4) is 5.75 Å². The summed E-state index contributed by atoms with van der Waals surface area (Å²) in [6.07, 6.45) is 0. The number of rotatable bonds is 6. The Morgan fingerprint density at radius 2 is 1.70 bits per heavy atom. The Labute approximate surface area is 177 Å². The Hall–Kier alpha value is -3.05. The fourth-order valence-electron chi connectivity index (χ4n) is 4.10. The molecule has 0 aromatic heterocycles. The maximum atomic E-state index is 12.2. The van der Waals surface area contributed by atoms with E-state index in [1.807, 2.05) is 43.3 Å². The molecule has 1 aliphatic heterocycles. The van der Waals surface area contributed by atoms with E-state index in [1.165, 1.54) is 17.9 Å². The summed E-state index contributed by atoms with van der Waals surface area (Å²) in [5.41, 5.74) is 2.74. The molecule has 0 bridgehead atoms. The van der Waals surface area contributed by atoms with Crippen LogP contribution in [0.5, 0.6) is 5.75 Å². The third kappa shape index (κ3) is 4.41. The zero-order valence-electron chi connectivity index (χ0n) is 17.6. The van der Waals surface area contributed by atoms with Gasteiger partial charge in [0.1, 0.15) is 12.4 Å². The summed E-state index contributed by atoms with van der Waals surface area (Å²) in [7, 11) is 1.43. The number of esters is 1. The van der Waals surface area contributed by atoms with Crippen LogP contribution >= 0.6 is 0 Å². The van der Waals surface area contributed by atoms with Gasteiger partial charge in [0.25, 0.3) is 0 Å². The van der Waals surface area contributed by atoms with Gasteiger partial charge in [-0.15, -0.1) is 0 Å². The number of nitrogens with zero attached hydrogens (tertiary/aromatic N) is 2. The normalized spacial score (nSPS) is 14.7. The quantitative estimate of drug-likeness (QED) is 0.578. The van der Waals surface area contributed by atoms with Crippen LogP contribution in [-0.2, 0) is 4.74 Å². The van der Waals surface area contributed by atoms with E-state index in [-0.39, 0.29) is 5.97 Å². The zero-order chi connectivity index (χ0) is 20.9. The highest BCUT2D eigenvalue weighted by molar-refractivity contribution is 5.96. The number of aryl methyl sites for hydroxylation is 1. The van der Waals surface area contributed by atoms with Crippen molar-refractivity contribution in [1.29, 1.82) is 0 Å². The summed E-state index contributed by atoms with van der Waals surface area (Å²) in [6, 6.07) is 20.3. The Kier molecular flexibility index (Phi) is 6.19. The molecular formula is C25H28N2O3. The molecule has 1 saturated heterocycles. The lowest BCUT2D eigenvalue weighted by atomic mass is 10.1. The van der Waals surface area contributed by atoms with Crippen LogP contribution in [0.2, 0.25) is 0 Å². The number of hydrogen-bond donors (Lipinski definition) is 0. The fourth-order valence-corrected chi connectivity index (χ4v) is 4.10. The molecule has 5 heteroatoms. The van der Waals surface area contributed by atoms with Gasteiger partial charge in [0, 0.05) is 32.7 Å². The maximum absolute atomic E-state index is 12.2. The van der Waals surface area contributed by atoms with Gasteiger partial charge in [0.15, 0.2) is 0 Å². The highest BCUT2D eigenvalue weighted by Crippen LogP contribution is 2.27. The molecule has 1 aliphatic rings. The van der Waals surface area contributed by atoms with E-state index in [1.54, 1.807) is 0 Å². The second kappa shape index (κ2) is 9.18. The van der Waals surface area contributed by atoms with Crippen molar-refractivity contribution >= 4 is 22.4 Å². The predicted octanol–water partition coefficient (Wildman–Crippen LogP) is 4.14. The topological polar surface area (TPSA) is 42.0 Å². The van der Waals surface area contributed by atoms with Gasteiger partial charge in [0.2, 0.25) is 0 Å². The highest BCUT2D eigenvalue weighted by Gasteiger charge is 2.23. The van der Waals surface area contributed by atoms with Crippen molar-refractivity contribution in [2.45, 2.75) is 6.92 Å². The summed E-state index contributed by atoms with van der Waals surface area (Å²) < 4.78 is 11.0. The first-order valence-electron chi connectivity index (χ1n) is 10.4. The number of fused-ring (bicyclic) bond motifs is 1. The molecule has 3 aromatic rings. The lowest BCUT2D eigenvalue weighted by Gasteiger charge is -2.37. The number of hydrogen-bond acceptors (Lipinski definition) is 5. The molecule has 5 nitrogen and oxygen atoms in total. The lowest BCUT2D eigenvalue weighted by molar-refractivity contribution is 0.0601. The van der Waals surface area contributed by atoms with E-state index >= 15 is 0 Å². The number of para-hydroxylation sites is 1. The summed E-state index contributed by atoms with van der Waals surface area (Å²) in [5, 5.41) is 2.42. The van der Waals surface area contributed by atoms with Crippen LogP contribution in [0.15, 0.2) is 60.7 Å². The monoisotopic (exact) mass is 404 g/mol. The van der Waals surface area contributed by atoms with Crippen molar-refractivity contribution in [3.63, 3.8) is 0 Å². The van der Waals surface area contributed by atoms with Crippen LogP contribution in [-0.4, -0.2) is 57.3 Å². The molecule has 0 saturated carbocycles. The number of anilines is 1. The molecule has 0 spiro atoms. The van der Waals surface area contributed by atoms with E-state index in [0.29, 0.717) is 12.2 Å². The van der Waals surface area contributed by atoms with Gasteiger partial charge in [-0.25, -0.2) is 4.79 Å². The van der Waals surface area contributed by atoms with Crippen LogP contribution in [0.1, 0.15) is 15.9 Å². The van der Waals surface area contributed by atoms with Gasteiger partial charge < -0.3 is 14.4 Å². The van der Waals surface area contributed by atoms with Crippen molar-refractivity contribution < 1.29 is 14.3 Å². The molecule has 0 radical (unpaired) electrons. The van der Waals surface area contributed by atoms with Crippen molar-refractivity contribution in [3.05, 3.63) is 71.8 Å². The van der Waals surface area contributed by atoms with Crippen molar-refractivity contribution in [2.24, 2.45) is 0 Å². The van der Waals surface area contributed by atoms with E-state index in [0.717, 1.165) is 49.7 Å². The Morgan fingerprint density at radius 1 is 0.933 bits per heavy atom. The average Bonchev–Trinajstić information content (AvgIpc) is 2.79. The average molecular weight is 405 g/mol. The minimum Gasteiger partial charge on any atom is -0.492 e. The Balaban J connectivity index is 1.31. The molecule has 0 unspecified atom stereocenters. The number of carbonyl (C=O) groups excluding carboxylic acids is 1. The molecule has 3 aromatic carbocycles. The fraction of sp³-hybridized carbons (Fsp3) is 0.320. The van der Waals surface area contributed by atoms with Crippen molar-refractivity contribution in [1.82, 2.24) is 4.90 Å². The molecule has 1 heterocycles. The lowest BCUT2D eigenvalue weighted by Crippen LogP contribution is -2.48. The minimum absolute atomic E-state index is 0.278. The molecule has 1 fully saturated rings. The van der Waals surface area contributed by atoms with E-state index < -0.39 is 0 Å². The van der Waals surface area contributed by atoms with Crippen LogP contribution in [0.4, 0.5) is 5.69 Å². The van der Waals surface area contributed by atoms with Crippen LogP contribution in [0.25, 0.3) is 10.8 Å². The Morgan fingerprint density at radius 3 is 2.47 bits per heavy atom. The summed E-state index contributed by atoms with van der Waals surface area (Å²) in [6.45, 7) is 7.24. The second-order valence-electron chi connectivity index (χ2n) is 7.65. The van der Waals surface area contributed by atoms with E-state index in [2.05, 4.69) is 34.1 Å². The largest absolute Gasteiger partial charge is 0.492 e. The minimum atomic E-state index is -0.278. The van der Waals surface area contributed by atoms with E-state index in [4.69, 9.17) is 9.47 Å². The molecule has 156 valence electrons. The van der Waals surface area contributed by atoms with Gasteiger partial charge >= 0.3 is 5.97 Å². The number of benzene rings is 3. The van der Waals surface area contributed by atoms with E-state index in [9.17, 15) is 4.79 Å². The first-order valence-corrected chi connectivity index (χ1v) is 10.4.